The third-order valence-corrected chi connectivity index (χ3v) is 3.45. The summed E-state index contributed by atoms with van der Waals surface area (Å²) in [5.74, 6) is 0.0278. The molecule has 0 aromatic heterocycles. The highest BCUT2D eigenvalue weighted by molar-refractivity contribution is 5.83. The Balaban J connectivity index is 4.07. The summed E-state index contributed by atoms with van der Waals surface area (Å²) in [6.07, 6.45) is 9.47. The molecule has 23 heavy (non-hydrogen) atoms. The summed E-state index contributed by atoms with van der Waals surface area (Å²) in [4.78, 5) is 22.3. The summed E-state index contributed by atoms with van der Waals surface area (Å²) in [5, 5.41) is 0. The van der Waals surface area contributed by atoms with Crippen LogP contribution in [-0.2, 0) is 19.1 Å². The molecule has 1 atom stereocenters. The molecule has 0 aliphatic carbocycles. The number of allylic oxidation sites excluding steroid dienone is 3. The Morgan fingerprint density at radius 1 is 1.22 bits per heavy atom. The molecule has 4 heteroatoms. The van der Waals surface area contributed by atoms with Crippen molar-refractivity contribution < 1.29 is 19.1 Å². The number of carbonyl (C=O) groups is 2. The summed E-state index contributed by atoms with van der Waals surface area (Å²) >= 11 is 0. The molecule has 0 N–H and O–H groups in total. The van der Waals surface area contributed by atoms with Crippen molar-refractivity contribution in [2.45, 2.75) is 72.8 Å². The average molecular weight is 324 g/mol. The fraction of sp³-hybridized carbons (Fsp3) is 0.684. The van der Waals surface area contributed by atoms with E-state index in [1.165, 1.54) is 13.0 Å². The summed E-state index contributed by atoms with van der Waals surface area (Å²) in [7, 11) is 0. The van der Waals surface area contributed by atoms with Gasteiger partial charge in [-0.05, 0) is 58.4 Å². The summed E-state index contributed by atoms with van der Waals surface area (Å²) < 4.78 is 10.2. The first-order valence-corrected chi connectivity index (χ1v) is 8.37. The zero-order valence-electron chi connectivity index (χ0n) is 15.5. The lowest BCUT2D eigenvalue weighted by Gasteiger charge is -2.24. The van der Waals surface area contributed by atoms with Gasteiger partial charge in [-0.25, -0.2) is 4.79 Å². The van der Waals surface area contributed by atoms with E-state index in [0.29, 0.717) is 12.5 Å². The van der Waals surface area contributed by atoms with Crippen molar-refractivity contribution in [3.63, 3.8) is 0 Å². The zero-order chi connectivity index (χ0) is 17.9. The SMILES string of the molecule is CCOC(=O)C=C(C)C=CCC(C)CCCC(C)(C)OC(C)=O. The molecule has 0 aliphatic rings. The summed E-state index contributed by atoms with van der Waals surface area (Å²) in [6, 6.07) is 0. The molecule has 0 rings (SSSR count). The van der Waals surface area contributed by atoms with Crippen molar-refractivity contribution in [1.29, 1.82) is 0 Å². The molecule has 1 unspecified atom stereocenters. The van der Waals surface area contributed by atoms with E-state index in [-0.39, 0.29) is 17.5 Å². The molecule has 0 fully saturated rings. The van der Waals surface area contributed by atoms with Crippen LogP contribution in [0.5, 0.6) is 0 Å². The second-order valence-electron chi connectivity index (χ2n) is 6.63. The van der Waals surface area contributed by atoms with E-state index >= 15 is 0 Å². The monoisotopic (exact) mass is 324 g/mol. The van der Waals surface area contributed by atoms with E-state index in [4.69, 9.17) is 9.47 Å². The Hall–Kier alpha value is -1.58. The highest BCUT2D eigenvalue weighted by Gasteiger charge is 2.20. The first kappa shape index (κ1) is 21.4. The van der Waals surface area contributed by atoms with Crippen molar-refractivity contribution in [2.75, 3.05) is 6.61 Å². The number of rotatable bonds is 10. The molecule has 132 valence electrons. The van der Waals surface area contributed by atoms with Crippen molar-refractivity contribution in [3.8, 4) is 0 Å². The van der Waals surface area contributed by atoms with Crippen LogP contribution in [0, 0.1) is 5.92 Å². The van der Waals surface area contributed by atoms with Gasteiger partial charge in [0, 0.05) is 13.0 Å². The van der Waals surface area contributed by atoms with Crippen LogP contribution in [0.25, 0.3) is 0 Å². The van der Waals surface area contributed by atoms with Gasteiger partial charge in [-0.2, -0.15) is 0 Å². The van der Waals surface area contributed by atoms with Crippen LogP contribution >= 0.6 is 0 Å². The molecule has 0 aromatic rings. The van der Waals surface area contributed by atoms with Gasteiger partial charge in [0.05, 0.1) is 6.61 Å². The molecule has 0 aliphatic heterocycles. The number of carbonyl (C=O) groups excluding carboxylic acids is 2. The number of esters is 2. The van der Waals surface area contributed by atoms with E-state index in [9.17, 15) is 9.59 Å². The van der Waals surface area contributed by atoms with Crippen LogP contribution in [0.15, 0.2) is 23.8 Å². The van der Waals surface area contributed by atoms with Gasteiger partial charge in [0.25, 0.3) is 0 Å². The molecule has 0 amide bonds. The predicted octanol–water partition coefficient (Wildman–Crippen LogP) is 4.59. The van der Waals surface area contributed by atoms with Gasteiger partial charge in [-0.1, -0.05) is 25.5 Å². The predicted molar refractivity (Wildman–Crippen MR) is 93.0 cm³/mol. The highest BCUT2D eigenvalue weighted by atomic mass is 16.6. The van der Waals surface area contributed by atoms with Gasteiger partial charge < -0.3 is 9.47 Å². The number of hydrogen-bond donors (Lipinski definition) is 0. The lowest BCUT2D eigenvalue weighted by atomic mass is 9.94. The highest BCUT2D eigenvalue weighted by Crippen LogP contribution is 2.21. The lowest BCUT2D eigenvalue weighted by molar-refractivity contribution is -0.154. The smallest absolute Gasteiger partial charge is 0.330 e. The van der Waals surface area contributed by atoms with Gasteiger partial charge in [-0.3, -0.25) is 4.79 Å². The molecule has 0 aromatic carbocycles. The molecule has 0 bridgehead atoms. The quantitative estimate of drug-likeness (QED) is 0.335. The van der Waals surface area contributed by atoms with E-state index in [1.54, 1.807) is 6.92 Å². The molecule has 0 spiro atoms. The topological polar surface area (TPSA) is 52.6 Å². The minimum Gasteiger partial charge on any atom is -0.463 e. The van der Waals surface area contributed by atoms with Crippen LogP contribution in [0.3, 0.4) is 0 Å². The fourth-order valence-electron chi connectivity index (χ4n) is 2.34. The van der Waals surface area contributed by atoms with Gasteiger partial charge in [0.1, 0.15) is 5.60 Å². The van der Waals surface area contributed by atoms with Gasteiger partial charge in [0.15, 0.2) is 0 Å². The molecule has 0 radical (unpaired) electrons. The fourth-order valence-corrected chi connectivity index (χ4v) is 2.34. The van der Waals surface area contributed by atoms with Crippen LogP contribution in [-0.4, -0.2) is 24.1 Å². The first-order valence-electron chi connectivity index (χ1n) is 8.37. The Morgan fingerprint density at radius 2 is 1.87 bits per heavy atom. The number of ether oxygens (including phenoxy) is 2. The van der Waals surface area contributed by atoms with Crippen molar-refractivity contribution in [2.24, 2.45) is 5.92 Å². The first-order chi connectivity index (χ1) is 10.7. The normalized spacial score (nSPS) is 13.9. The van der Waals surface area contributed by atoms with E-state index in [2.05, 4.69) is 13.0 Å². The van der Waals surface area contributed by atoms with E-state index in [1.807, 2.05) is 26.8 Å². The Kier molecular flexibility index (Phi) is 10.3. The molecule has 0 saturated carbocycles. The van der Waals surface area contributed by atoms with E-state index < -0.39 is 0 Å². The van der Waals surface area contributed by atoms with Crippen LogP contribution < -0.4 is 0 Å². The lowest BCUT2D eigenvalue weighted by Crippen LogP contribution is -2.26. The van der Waals surface area contributed by atoms with Crippen LogP contribution in [0.4, 0.5) is 0 Å². The minimum atomic E-state index is -0.389. The zero-order valence-corrected chi connectivity index (χ0v) is 15.5. The summed E-state index contributed by atoms with van der Waals surface area (Å²) in [5.41, 5.74) is 0.507. The van der Waals surface area contributed by atoms with E-state index in [0.717, 1.165) is 31.3 Å². The number of hydrogen-bond acceptors (Lipinski definition) is 4. The summed E-state index contributed by atoms with van der Waals surface area (Å²) in [6.45, 7) is 11.6. The standard InChI is InChI=1S/C19H32O4/c1-7-22-18(21)14-16(3)11-8-10-15(2)12-9-13-19(5,6)23-17(4)20/h8,11,14-15H,7,9-10,12-13H2,1-6H3. The minimum absolute atomic E-state index is 0.227. The molecule has 0 saturated heterocycles. The maximum atomic E-state index is 11.3. The van der Waals surface area contributed by atoms with Gasteiger partial charge in [-0.15, -0.1) is 0 Å². The molecular weight excluding hydrogens is 292 g/mol. The van der Waals surface area contributed by atoms with Crippen molar-refractivity contribution >= 4 is 11.9 Å². The Bertz CT molecular complexity index is 433. The molecular formula is C19H32O4. The maximum Gasteiger partial charge on any atom is 0.330 e. The third-order valence-electron chi connectivity index (χ3n) is 3.45. The third kappa shape index (κ3) is 12.6. The maximum absolute atomic E-state index is 11.3. The molecule has 4 nitrogen and oxygen atoms in total. The van der Waals surface area contributed by atoms with Gasteiger partial charge >= 0.3 is 11.9 Å². The Labute approximate surface area is 140 Å². The molecule has 0 heterocycles. The van der Waals surface area contributed by atoms with Crippen molar-refractivity contribution in [1.82, 2.24) is 0 Å². The van der Waals surface area contributed by atoms with Crippen molar-refractivity contribution in [3.05, 3.63) is 23.8 Å². The Morgan fingerprint density at radius 3 is 2.43 bits per heavy atom. The van der Waals surface area contributed by atoms with Gasteiger partial charge in [0.2, 0.25) is 0 Å². The second kappa shape index (κ2) is 11.0. The van der Waals surface area contributed by atoms with Crippen LogP contribution in [0.2, 0.25) is 0 Å². The largest absolute Gasteiger partial charge is 0.463 e. The van der Waals surface area contributed by atoms with Crippen LogP contribution in [0.1, 0.15) is 67.2 Å². The average Bonchev–Trinajstić information content (AvgIpc) is 2.36. The second-order valence-corrected chi connectivity index (χ2v) is 6.63.